The molecular formula is C15H21FN2O2. The van der Waals surface area contributed by atoms with Gasteiger partial charge in [-0.1, -0.05) is 12.1 Å². The van der Waals surface area contributed by atoms with Gasteiger partial charge in [0.25, 0.3) is 0 Å². The fraction of sp³-hybridized carbons (Fsp3) is 0.533. The van der Waals surface area contributed by atoms with E-state index in [-0.39, 0.29) is 17.8 Å². The minimum Gasteiger partial charge on any atom is -0.465 e. The van der Waals surface area contributed by atoms with Crippen LogP contribution in [-0.2, 0) is 9.53 Å². The van der Waals surface area contributed by atoms with Gasteiger partial charge >= 0.3 is 5.97 Å². The van der Waals surface area contributed by atoms with E-state index in [0.29, 0.717) is 25.4 Å². The van der Waals surface area contributed by atoms with E-state index in [4.69, 9.17) is 4.74 Å². The number of anilines is 1. The van der Waals surface area contributed by atoms with Gasteiger partial charge in [0.1, 0.15) is 11.9 Å². The molecule has 0 aliphatic carbocycles. The monoisotopic (exact) mass is 280 g/mol. The molecule has 1 aliphatic heterocycles. The maximum atomic E-state index is 13.7. The van der Waals surface area contributed by atoms with Crippen molar-refractivity contribution in [2.45, 2.75) is 19.9 Å². The Labute approximate surface area is 119 Å². The molecule has 0 N–H and O–H groups in total. The molecule has 1 saturated heterocycles. The van der Waals surface area contributed by atoms with Crippen LogP contribution in [0.5, 0.6) is 0 Å². The first kappa shape index (κ1) is 14.8. The van der Waals surface area contributed by atoms with E-state index < -0.39 is 0 Å². The number of para-hydroxylation sites is 1. The van der Waals surface area contributed by atoms with Gasteiger partial charge in [0.05, 0.1) is 12.3 Å². The van der Waals surface area contributed by atoms with Gasteiger partial charge in [-0.3, -0.25) is 9.69 Å². The number of nitrogens with zero attached hydrogens (tertiary/aromatic N) is 2. The summed E-state index contributed by atoms with van der Waals surface area (Å²) in [5, 5.41) is 0. The van der Waals surface area contributed by atoms with Gasteiger partial charge < -0.3 is 9.64 Å². The summed E-state index contributed by atoms with van der Waals surface area (Å²) in [6.07, 6.45) is 0. The molecule has 20 heavy (non-hydrogen) atoms. The topological polar surface area (TPSA) is 32.8 Å². The Morgan fingerprint density at radius 2 is 1.95 bits per heavy atom. The summed E-state index contributed by atoms with van der Waals surface area (Å²) < 4.78 is 18.8. The molecule has 1 fully saturated rings. The quantitative estimate of drug-likeness (QED) is 0.789. The summed E-state index contributed by atoms with van der Waals surface area (Å²) in [5.74, 6) is -0.383. The van der Waals surface area contributed by atoms with Crippen molar-refractivity contribution in [2.75, 3.05) is 37.7 Å². The molecule has 1 aromatic carbocycles. The minimum absolute atomic E-state index is 0.188. The van der Waals surface area contributed by atoms with Crippen molar-refractivity contribution in [1.29, 1.82) is 0 Å². The Balaban J connectivity index is 1.92. The molecule has 0 saturated carbocycles. The van der Waals surface area contributed by atoms with Crippen LogP contribution in [0.1, 0.15) is 13.8 Å². The molecule has 1 heterocycles. The molecule has 4 nitrogen and oxygen atoms in total. The second kappa shape index (κ2) is 6.70. The van der Waals surface area contributed by atoms with E-state index in [1.54, 1.807) is 19.1 Å². The van der Waals surface area contributed by atoms with Crippen molar-refractivity contribution in [3.63, 3.8) is 0 Å². The molecule has 1 atom stereocenters. The second-order valence-electron chi connectivity index (χ2n) is 4.90. The average molecular weight is 280 g/mol. The standard InChI is InChI=1S/C15H21FN2O2/c1-3-20-15(19)12(2)17-8-10-18(11-9-17)14-7-5-4-6-13(14)16/h4-7,12H,3,8-11H2,1-2H3/t12-/m0/s1. The zero-order valence-electron chi connectivity index (χ0n) is 12.0. The number of benzene rings is 1. The molecule has 1 aromatic rings. The fourth-order valence-electron chi connectivity index (χ4n) is 2.47. The van der Waals surface area contributed by atoms with Crippen LogP contribution in [0, 0.1) is 5.82 Å². The molecule has 0 unspecified atom stereocenters. The molecule has 0 amide bonds. The number of hydrogen-bond acceptors (Lipinski definition) is 4. The van der Waals surface area contributed by atoms with E-state index >= 15 is 0 Å². The summed E-state index contributed by atoms with van der Waals surface area (Å²) in [4.78, 5) is 15.8. The largest absolute Gasteiger partial charge is 0.465 e. The third-order valence-corrected chi connectivity index (χ3v) is 3.68. The zero-order valence-corrected chi connectivity index (χ0v) is 12.0. The van der Waals surface area contributed by atoms with Crippen molar-refractivity contribution in [2.24, 2.45) is 0 Å². The maximum Gasteiger partial charge on any atom is 0.323 e. The number of carbonyl (C=O) groups excluding carboxylic acids is 1. The van der Waals surface area contributed by atoms with Crippen molar-refractivity contribution in [3.8, 4) is 0 Å². The van der Waals surface area contributed by atoms with Gasteiger partial charge in [0, 0.05) is 26.2 Å². The van der Waals surface area contributed by atoms with Crippen LogP contribution in [0.2, 0.25) is 0 Å². The SMILES string of the molecule is CCOC(=O)[C@H](C)N1CCN(c2ccccc2F)CC1. The predicted octanol–water partition coefficient (Wildman–Crippen LogP) is 1.90. The molecule has 0 bridgehead atoms. The average Bonchev–Trinajstić information content (AvgIpc) is 2.47. The smallest absolute Gasteiger partial charge is 0.323 e. The third-order valence-electron chi connectivity index (χ3n) is 3.68. The van der Waals surface area contributed by atoms with E-state index in [2.05, 4.69) is 4.90 Å². The van der Waals surface area contributed by atoms with Crippen LogP contribution < -0.4 is 4.90 Å². The van der Waals surface area contributed by atoms with Gasteiger partial charge in [-0.15, -0.1) is 0 Å². The zero-order chi connectivity index (χ0) is 14.5. The lowest BCUT2D eigenvalue weighted by Gasteiger charge is -2.38. The van der Waals surface area contributed by atoms with Gasteiger partial charge in [-0.2, -0.15) is 0 Å². The Hall–Kier alpha value is -1.62. The van der Waals surface area contributed by atoms with E-state index in [9.17, 15) is 9.18 Å². The number of piperazine rings is 1. The van der Waals surface area contributed by atoms with Crippen LogP contribution in [0.3, 0.4) is 0 Å². The van der Waals surface area contributed by atoms with Crippen molar-refractivity contribution in [3.05, 3.63) is 30.1 Å². The number of esters is 1. The molecule has 5 heteroatoms. The molecule has 110 valence electrons. The summed E-state index contributed by atoms with van der Waals surface area (Å²) in [6, 6.07) is 6.56. The lowest BCUT2D eigenvalue weighted by Crippen LogP contribution is -2.52. The molecule has 0 spiro atoms. The van der Waals surface area contributed by atoms with Gasteiger partial charge in [0.15, 0.2) is 0 Å². The van der Waals surface area contributed by atoms with Crippen LogP contribution in [0.25, 0.3) is 0 Å². The molecular weight excluding hydrogens is 259 g/mol. The Kier molecular flexibility index (Phi) is 4.95. The number of carbonyl (C=O) groups is 1. The summed E-state index contributed by atoms with van der Waals surface area (Å²) in [6.45, 7) is 6.95. The first-order chi connectivity index (χ1) is 9.63. The highest BCUT2D eigenvalue weighted by Gasteiger charge is 2.27. The van der Waals surface area contributed by atoms with Crippen LogP contribution >= 0.6 is 0 Å². The van der Waals surface area contributed by atoms with Crippen molar-refractivity contribution in [1.82, 2.24) is 4.90 Å². The van der Waals surface area contributed by atoms with E-state index in [1.807, 2.05) is 17.9 Å². The first-order valence-electron chi connectivity index (χ1n) is 7.03. The lowest BCUT2D eigenvalue weighted by molar-refractivity contribution is -0.149. The van der Waals surface area contributed by atoms with Crippen molar-refractivity contribution < 1.29 is 13.9 Å². The van der Waals surface area contributed by atoms with Crippen LogP contribution in [0.4, 0.5) is 10.1 Å². The summed E-state index contributed by atoms with van der Waals surface area (Å²) in [5.41, 5.74) is 0.635. The number of ether oxygens (including phenoxy) is 1. The molecule has 0 aromatic heterocycles. The molecule has 2 rings (SSSR count). The van der Waals surface area contributed by atoms with Crippen LogP contribution in [-0.4, -0.2) is 49.7 Å². The Morgan fingerprint density at radius 3 is 2.55 bits per heavy atom. The highest BCUT2D eigenvalue weighted by Crippen LogP contribution is 2.20. The number of halogens is 1. The van der Waals surface area contributed by atoms with Gasteiger partial charge in [-0.25, -0.2) is 4.39 Å². The number of rotatable bonds is 4. The summed E-state index contributed by atoms with van der Waals surface area (Å²) >= 11 is 0. The second-order valence-corrected chi connectivity index (χ2v) is 4.90. The maximum absolute atomic E-state index is 13.7. The van der Waals surface area contributed by atoms with Crippen LogP contribution in [0.15, 0.2) is 24.3 Å². The van der Waals surface area contributed by atoms with Crippen molar-refractivity contribution >= 4 is 11.7 Å². The van der Waals surface area contributed by atoms with E-state index in [1.165, 1.54) is 6.07 Å². The van der Waals surface area contributed by atoms with E-state index in [0.717, 1.165) is 13.1 Å². The lowest BCUT2D eigenvalue weighted by atomic mass is 10.2. The minimum atomic E-state index is -0.238. The first-order valence-corrected chi connectivity index (χ1v) is 7.03. The highest BCUT2D eigenvalue weighted by atomic mass is 19.1. The normalized spacial score (nSPS) is 17.9. The Morgan fingerprint density at radius 1 is 1.30 bits per heavy atom. The Bertz CT molecular complexity index is 459. The fourth-order valence-corrected chi connectivity index (χ4v) is 2.47. The predicted molar refractivity (Wildman–Crippen MR) is 76.3 cm³/mol. The summed E-state index contributed by atoms with van der Waals surface area (Å²) in [7, 11) is 0. The third kappa shape index (κ3) is 3.28. The molecule has 1 aliphatic rings. The number of hydrogen-bond donors (Lipinski definition) is 0. The van der Waals surface area contributed by atoms with Gasteiger partial charge in [-0.05, 0) is 26.0 Å². The molecule has 0 radical (unpaired) electrons. The van der Waals surface area contributed by atoms with Gasteiger partial charge in [0.2, 0.25) is 0 Å². The highest BCUT2D eigenvalue weighted by molar-refractivity contribution is 5.75.